The van der Waals surface area contributed by atoms with Gasteiger partial charge in [-0.3, -0.25) is 4.79 Å². The predicted octanol–water partition coefficient (Wildman–Crippen LogP) is 2.19. The minimum Gasteiger partial charge on any atom is -0.267 e. The first-order valence-electron chi connectivity index (χ1n) is 4.81. The monoisotopic (exact) mass is 200 g/mol. The Bertz CT molecular complexity index is 500. The lowest BCUT2D eigenvalue weighted by Gasteiger charge is -2.03. The van der Waals surface area contributed by atoms with Crippen LogP contribution >= 0.6 is 0 Å². The van der Waals surface area contributed by atoms with Crippen molar-refractivity contribution in [2.75, 3.05) is 0 Å². The van der Waals surface area contributed by atoms with E-state index in [0.29, 0.717) is 5.56 Å². The molecular weight excluding hydrogens is 188 g/mol. The van der Waals surface area contributed by atoms with Gasteiger partial charge in [0, 0.05) is 11.8 Å². The highest BCUT2D eigenvalue weighted by Crippen LogP contribution is 2.09. The van der Waals surface area contributed by atoms with Crippen LogP contribution in [0, 0.1) is 13.8 Å². The molecule has 3 heteroatoms. The standard InChI is InChI=1S/C12H12N2O/c1-9-5-3-4-6-11(9)12(15)14-8-7-10(2)13-14/h3-8H,1-2H3. The van der Waals surface area contributed by atoms with Crippen LogP contribution in [0.2, 0.25) is 0 Å². The van der Waals surface area contributed by atoms with Crippen molar-refractivity contribution in [3.8, 4) is 0 Å². The Morgan fingerprint density at radius 1 is 1.20 bits per heavy atom. The number of hydrogen-bond donors (Lipinski definition) is 0. The van der Waals surface area contributed by atoms with Gasteiger partial charge in [0.1, 0.15) is 0 Å². The summed E-state index contributed by atoms with van der Waals surface area (Å²) in [6, 6.07) is 9.32. The molecule has 15 heavy (non-hydrogen) atoms. The summed E-state index contributed by atoms with van der Waals surface area (Å²) < 4.78 is 1.37. The number of carbonyl (C=O) groups is 1. The van der Waals surface area contributed by atoms with E-state index in [9.17, 15) is 4.79 Å². The number of benzene rings is 1. The number of nitrogens with zero attached hydrogens (tertiary/aromatic N) is 2. The van der Waals surface area contributed by atoms with Crippen LogP contribution in [0.3, 0.4) is 0 Å². The van der Waals surface area contributed by atoms with Gasteiger partial charge in [0.25, 0.3) is 5.91 Å². The maximum atomic E-state index is 12.0. The van der Waals surface area contributed by atoms with Crippen LogP contribution in [0.5, 0.6) is 0 Å². The summed E-state index contributed by atoms with van der Waals surface area (Å²) in [5, 5.41) is 4.10. The summed E-state index contributed by atoms with van der Waals surface area (Å²) in [5.41, 5.74) is 2.51. The first-order valence-corrected chi connectivity index (χ1v) is 4.81. The smallest absolute Gasteiger partial charge is 0.267 e. The number of carbonyl (C=O) groups excluding carboxylic acids is 1. The van der Waals surface area contributed by atoms with Crippen LogP contribution in [0.25, 0.3) is 0 Å². The first kappa shape index (κ1) is 9.65. The molecule has 0 spiro atoms. The van der Waals surface area contributed by atoms with E-state index < -0.39 is 0 Å². The van der Waals surface area contributed by atoms with Gasteiger partial charge in [0.2, 0.25) is 0 Å². The molecule has 0 atom stereocenters. The Kier molecular flexibility index (Phi) is 2.37. The molecule has 0 amide bonds. The molecule has 1 aromatic carbocycles. The van der Waals surface area contributed by atoms with Crippen molar-refractivity contribution in [2.45, 2.75) is 13.8 Å². The maximum absolute atomic E-state index is 12.0. The number of hydrogen-bond acceptors (Lipinski definition) is 2. The molecule has 0 N–H and O–H groups in total. The zero-order chi connectivity index (χ0) is 10.8. The van der Waals surface area contributed by atoms with Gasteiger partial charge in [0.15, 0.2) is 0 Å². The Morgan fingerprint density at radius 2 is 1.93 bits per heavy atom. The fourth-order valence-corrected chi connectivity index (χ4v) is 1.46. The van der Waals surface area contributed by atoms with E-state index in [2.05, 4.69) is 5.10 Å². The number of rotatable bonds is 1. The van der Waals surface area contributed by atoms with Crippen LogP contribution in [0.4, 0.5) is 0 Å². The van der Waals surface area contributed by atoms with Crippen molar-refractivity contribution in [3.63, 3.8) is 0 Å². The molecule has 1 aromatic heterocycles. The van der Waals surface area contributed by atoms with Gasteiger partial charge in [-0.25, -0.2) is 4.68 Å². The minimum atomic E-state index is -0.0822. The van der Waals surface area contributed by atoms with Crippen molar-refractivity contribution >= 4 is 5.91 Å². The molecular formula is C12H12N2O. The van der Waals surface area contributed by atoms with E-state index >= 15 is 0 Å². The second kappa shape index (κ2) is 3.69. The highest BCUT2D eigenvalue weighted by atomic mass is 16.2. The molecule has 0 unspecified atom stereocenters. The van der Waals surface area contributed by atoms with E-state index in [-0.39, 0.29) is 5.91 Å². The Labute approximate surface area is 88.4 Å². The van der Waals surface area contributed by atoms with Gasteiger partial charge in [-0.1, -0.05) is 18.2 Å². The third kappa shape index (κ3) is 1.81. The molecule has 0 fully saturated rings. The lowest BCUT2D eigenvalue weighted by molar-refractivity contribution is 0.0944. The summed E-state index contributed by atoms with van der Waals surface area (Å²) in [4.78, 5) is 12.0. The van der Waals surface area contributed by atoms with E-state index in [1.54, 1.807) is 6.20 Å². The van der Waals surface area contributed by atoms with Gasteiger partial charge < -0.3 is 0 Å². The number of aryl methyl sites for hydroxylation is 2. The molecule has 0 saturated carbocycles. The SMILES string of the molecule is Cc1ccn(C(=O)c2ccccc2C)n1. The van der Waals surface area contributed by atoms with E-state index in [4.69, 9.17) is 0 Å². The summed E-state index contributed by atoms with van der Waals surface area (Å²) >= 11 is 0. The third-order valence-electron chi connectivity index (χ3n) is 2.31. The first-order chi connectivity index (χ1) is 7.18. The van der Waals surface area contributed by atoms with Crippen LogP contribution in [0.1, 0.15) is 21.6 Å². The topological polar surface area (TPSA) is 34.9 Å². The van der Waals surface area contributed by atoms with Gasteiger partial charge in [-0.15, -0.1) is 0 Å². The molecule has 0 aliphatic heterocycles. The van der Waals surface area contributed by atoms with E-state index in [1.165, 1.54) is 4.68 Å². The highest BCUT2D eigenvalue weighted by Gasteiger charge is 2.10. The Hall–Kier alpha value is -1.90. The summed E-state index contributed by atoms with van der Waals surface area (Å²) in [6.07, 6.45) is 1.68. The summed E-state index contributed by atoms with van der Waals surface area (Å²) in [7, 11) is 0. The van der Waals surface area contributed by atoms with Crippen molar-refractivity contribution in [1.82, 2.24) is 9.78 Å². The normalized spacial score (nSPS) is 10.3. The van der Waals surface area contributed by atoms with Gasteiger partial charge >= 0.3 is 0 Å². The molecule has 0 radical (unpaired) electrons. The summed E-state index contributed by atoms with van der Waals surface area (Å²) in [6.45, 7) is 3.78. The average Bonchev–Trinajstić information content (AvgIpc) is 2.65. The van der Waals surface area contributed by atoms with Crippen molar-refractivity contribution in [3.05, 3.63) is 53.3 Å². The summed E-state index contributed by atoms with van der Waals surface area (Å²) in [5.74, 6) is -0.0822. The largest absolute Gasteiger partial charge is 0.278 e. The second-order valence-electron chi connectivity index (χ2n) is 3.52. The molecule has 2 rings (SSSR count). The minimum absolute atomic E-state index is 0.0822. The van der Waals surface area contributed by atoms with Crippen LogP contribution in [0.15, 0.2) is 36.5 Å². The number of aromatic nitrogens is 2. The quantitative estimate of drug-likeness (QED) is 0.707. The van der Waals surface area contributed by atoms with Crippen LogP contribution in [-0.2, 0) is 0 Å². The molecule has 0 bridgehead atoms. The highest BCUT2D eigenvalue weighted by molar-refractivity contribution is 5.96. The molecule has 0 aliphatic rings. The van der Waals surface area contributed by atoms with Crippen LogP contribution < -0.4 is 0 Å². The molecule has 76 valence electrons. The van der Waals surface area contributed by atoms with Crippen molar-refractivity contribution in [1.29, 1.82) is 0 Å². The van der Waals surface area contributed by atoms with E-state index in [0.717, 1.165) is 11.3 Å². The molecule has 2 aromatic rings. The van der Waals surface area contributed by atoms with Crippen molar-refractivity contribution < 1.29 is 4.79 Å². The Morgan fingerprint density at radius 3 is 2.53 bits per heavy atom. The van der Waals surface area contributed by atoms with Crippen LogP contribution in [-0.4, -0.2) is 15.7 Å². The lowest BCUT2D eigenvalue weighted by atomic mass is 10.1. The molecule has 3 nitrogen and oxygen atoms in total. The van der Waals surface area contributed by atoms with E-state index in [1.807, 2.05) is 44.2 Å². The predicted molar refractivity (Wildman–Crippen MR) is 57.9 cm³/mol. The molecule has 0 aliphatic carbocycles. The van der Waals surface area contributed by atoms with Gasteiger partial charge in [-0.05, 0) is 31.5 Å². The average molecular weight is 200 g/mol. The van der Waals surface area contributed by atoms with Crippen molar-refractivity contribution in [2.24, 2.45) is 0 Å². The third-order valence-corrected chi connectivity index (χ3v) is 2.31. The molecule has 0 saturated heterocycles. The Balaban J connectivity index is 2.41. The zero-order valence-electron chi connectivity index (χ0n) is 8.77. The fraction of sp³-hybridized carbons (Fsp3) is 0.167. The maximum Gasteiger partial charge on any atom is 0.278 e. The zero-order valence-corrected chi connectivity index (χ0v) is 8.77. The lowest BCUT2D eigenvalue weighted by Crippen LogP contribution is -2.13. The molecule has 1 heterocycles. The fourth-order valence-electron chi connectivity index (χ4n) is 1.46. The van der Waals surface area contributed by atoms with Gasteiger partial charge in [-0.2, -0.15) is 5.10 Å². The second-order valence-corrected chi connectivity index (χ2v) is 3.52. The van der Waals surface area contributed by atoms with Gasteiger partial charge in [0.05, 0.1) is 5.69 Å².